The molecule has 0 saturated carbocycles. The van der Waals surface area contributed by atoms with Crippen LogP contribution in [0, 0.1) is 0 Å². The molecule has 2 aromatic rings. The quantitative estimate of drug-likeness (QED) is 0.703. The van der Waals surface area contributed by atoms with Crippen molar-refractivity contribution in [1.82, 2.24) is 14.8 Å². The number of hydrogen-bond donors (Lipinski definition) is 2. The van der Waals surface area contributed by atoms with Crippen LogP contribution < -0.4 is 11.1 Å². The standard InChI is InChI=1S/C11H13N5/c12-9-3-1-8(2-4-9)10-5-6-13-11-14-7-15-16(10)11/h1-4,7,10H,5-6,12H2,(H,13,14,15). The van der Waals surface area contributed by atoms with Crippen LogP contribution in [0.1, 0.15) is 18.0 Å². The van der Waals surface area contributed by atoms with Crippen LogP contribution in [0.4, 0.5) is 11.6 Å². The van der Waals surface area contributed by atoms with Crippen LogP contribution in [0.3, 0.4) is 0 Å². The number of fused-ring (bicyclic) bond motifs is 1. The molecule has 1 unspecified atom stereocenters. The monoisotopic (exact) mass is 215 g/mol. The zero-order chi connectivity index (χ0) is 11.0. The molecule has 1 aliphatic rings. The lowest BCUT2D eigenvalue weighted by Crippen LogP contribution is -2.24. The highest BCUT2D eigenvalue weighted by Crippen LogP contribution is 2.27. The summed E-state index contributed by atoms with van der Waals surface area (Å²) in [4.78, 5) is 4.17. The molecule has 16 heavy (non-hydrogen) atoms. The number of hydrogen-bond acceptors (Lipinski definition) is 4. The van der Waals surface area contributed by atoms with Gasteiger partial charge in [0.2, 0.25) is 5.95 Å². The molecule has 2 heterocycles. The molecule has 5 nitrogen and oxygen atoms in total. The third kappa shape index (κ3) is 1.41. The van der Waals surface area contributed by atoms with Gasteiger partial charge in [-0.05, 0) is 24.1 Å². The summed E-state index contributed by atoms with van der Waals surface area (Å²) in [5, 5.41) is 7.47. The predicted molar refractivity (Wildman–Crippen MR) is 62.1 cm³/mol. The van der Waals surface area contributed by atoms with E-state index in [1.807, 2.05) is 16.8 Å². The summed E-state index contributed by atoms with van der Waals surface area (Å²) in [5.41, 5.74) is 7.70. The minimum atomic E-state index is 0.263. The molecule has 1 aliphatic heterocycles. The molecule has 0 aliphatic carbocycles. The minimum Gasteiger partial charge on any atom is -0.399 e. The topological polar surface area (TPSA) is 68.8 Å². The first-order valence-electron chi connectivity index (χ1n) is 5.33. The number of aromatic nitrogens is 3. The largest absolute Gasteiger partial charge is 0.399 e. The fourth-order valence-corrected chi connectivity index (χ4v) is 2.07. The molecule has 0 saturated heterocycles. The average Bonchev–Trinajstić information content (AvgIpc) is 2.78. The highest BCUT2D eigenvalue weighted by molar-refractivity contribution is 5.41. The zero-order valence-corrected chi connectivity index (χ0v) is 8.80. The second-order valence-electron chi connectivity index (χ2n) is 3.93. The lowest BCUT2D eigenvalue weighted by atomic mass is 10.0. The summed E-state index contributed by atoms with van der Waals surface area (Å²) < 4.78 is 1.93. The van der Waals surface area contributed by atoms with Gasteiger partial charge in [0.1, 0.15) is 6.33 Å². The Morgan fingerprint density at radius 3 is 2.94 bits per heavy atom. The van der Waals surface area contributed by atoms with Crippen molar-refractivity contribution in [2.75, 3.05) is 17.6 Å². The summed E-state index contributed by atoms with van der Waals surface area (Å²) in [6, 6.07) is 8.22. The summed E-state index contributed by atoms with van der Waals surface area (Å²) in [7, 11) is 0. The van der Waals surface area contributed by atoms with Crippen LogP contribution in [0.2, 0.25) is 0 Å². The number of nitrogens with one attached hydrogen (secondary N) is 1. The van der Waals surface area contributed by atoms with Crippen molar-refractivity contribution in [3.63, 3.8) is 0 Å². The van der Waals surface area contributed by atoms with Crippen LogP contribution in [-0.4, -0.2) is 21.3 Å². The predicted octanol–water partition coefficient (Wildman–Crippen LogP) is 1.27. The molecular weight excluding hydrogens is 202 g/mol. The number of nitrogen functional groups attached to an aromatic ring is 1. The molecule has 82 valence electrons. The van der Waals surface area contributed by atoms with Gasteiger partial charge in [-0.1, -0.05) is 12.1 Å². The Morgan fingerprint density at radius 1 is 1.31 bits per heavy atom. The third-order valence-corrected chi connectivity index (χ3v) is 2.89. The Labute approximate surface area is 93.3 Å². The SMILES string of the molecule is Nc1ccc(C2CCNc3ncnn32)cc1. The zero-order valence-electron chi connectivity index (χ0n) is 8.80. The lowest BCUT2D eigenvalue weighted by molar-refractivity contribution is 0.480. The van der Waals surface area contributed by atoms with E-state index >= 15 is 0 Å². The van der Waals surface area contributed by atoms with Crippen molar-refractivity contribution >= 4 is 11.6 Å². The van der Waals surface area contributed by atoms with E-state index in [1.54, 1.807) is 6.33 Å². The van der Waals surface area contributed by atoms with Gasteiger partial charge in [-0.15, -0.1) is 0 Å². The van der Waals surface area contributed by atoms with E-state index in [0.29, 0.717) is 0 Å². The van der Waals surface area contributed by atoms with Gasteiger partial charge in [-0.2, -0.15) is 10.1 Å². The Hall–Kier alpha value is -2.04. The fraction of sp³-hybridized carbons (Fsp3) is 0.273. The molecule has 1 aromatic carbocycles. The maximum absolute atomic E-state index is 5.68. The maximum Gasteiger partial charge on any atom is 0.221 e. The smallest absolute Gasteiger partial charge is 0.221 e. The molecule has 0 fully saturated rings. The van der Waals surface area contributed by atoms with Crippen LogP contribution >= 0.6 is 0 Å². The normalized spacial score (nSPS) is 18.9. The van der Waals surface area contributed by atoms with E-state index in [1.165, 1.54) is 5.56 Å². The van der Waals surface area contributed by atoms with Crippen LogP contribution in [-0.2, 0) is 0 Å². The number of benzene rings is 1. The average molecular weight is 215 g/mol. The number of rotatable bonds is 1. The Bertz CT molecular complexity index is 487. The number of nitrogens with zero attached hydrogens (tertiary/aromatic N) is 3. The molecule has 1 atom stereocenters. The second kappa shape index (κ2) is 3.52. The molecule has 3 N–H and O–H groups in total. The van der Waals surface area contributed by atoms with Gasteiger partial charge < -0.3 is 11.1 Å². The molecule has 0 radical (unpaired) electrons. The van der Waals surface area contributed by atoms with Gasteiger partial charge in [0.25, 0.3) is 0 Å². The van der Waals surface area contributed by atoms with E-state index in [9.17, 15) is 0 Å². The molecule has 3 rings (SSSR count). The summed E-state index contributed by atoms with van der Waals surface area (Å²) >= 11 is 0. The van der Waals surface area contributed by atoms with Gasteiger partial charge in [0, 0.05) is 12.2 Å². The van der Waals surface area contributed by atoms with E-state index in [2.05, 4.69) is 27.5 Å². The Balaban J connectivity index is 2.00. The molecule has 0 spiro atoms. The van der Waals surface area contributed by atoms with Gasteiger partial charge in [-0.25, -0.2) is 4.68 Å². The van der Waals surface area contributed by atoms with Gasteiger partial charge >= 0.3 is 0 Å². The molecular formula is C11H13N5. The molecule has 0 bridgehead atoms. The summed E-state index contributed by atoms with van der Waals surface area (Å²) in [5.74, 6) is 0.841. The Morgan fingerprint density at radius 2 is 2.12 bits per heavy atom. The van der Waals surface area contributed by atoms with E-state index in [4.69, 9.17) is 5.73 Å². The first-order chi connectivity index (χ1) is 7.84. The third-order valence-electron chi connectivity index (χ3n) is 2.89. The lowest BCUT2D eigenvalue weighted by Gasteiger charge is -2.24. The van der Waals surface area contributed by atoms with Gasteiger partial charge in [-0.3, -0.25) is 0 Å². The van der Waals surface area contributed by atoms with Gasteiger partial charge in [0.15, 0.2) is 0 Å². The van der Waals surface area contributed by atoms with Crippen LogP contribution in [0.15, 0.2) is 30.6 Å². The highest BCUT2D eigenvalue weighted by Gasteiger charge is 2.21. The fourth-order valence-electron chi connectivity index (χ4n) is 2.07. The van der Waals surface area contributed by atoms with Crippen molar-refractivity contribution in [2.24, 2.45) is 0 Å². The van der Waals surface area contributed by atoms with Crippen molar-refractivity contribution < 1.29 is 0 Å². The summed E-state index contributed by atoms with van der Waals surface area (Å²) in [6.07, 6.45) is 2.60. The van der Waals surface area contributed by atoms with E-state index in [-0.39, 0.29) is 6.04 Å². The van der Waals surface area contributed by atoms with E-state index < -0.39 is 0 Å². The van der Waals surface area contributed by atoms with Crippen molar-refractivity contribution in [3.05, 3.63) is 36.2 Å². The van der Waals surface area contributed by atoms with Crippen molar-refractivity contribution in [1.29, 1.82) is 0 Å². The highest BCUT2D eigenvalue weighted by atomic mass is 15.4. The number of nitrogens with two attached hydrogens (primary N) is 1. The first kappa shape index (κ1) is 9.21. The summed E-state index contributed by atoms with van der Waals surface area (Å²) in [6.45, 7) is 0.924. The second-order valence-corrected chi connectivity index (χ2v) is 3.93. The molecule has 0 amide bonds. The number of anilines is 2. The van der Waals surface area contributed by atoms with E-state index in [0.717, 1.165) is 24.6 Å². The first-order valence-corrected chi connectivity index (χ1v) is 5.33. The Kier molecular flexibility index (Phi) is 2.02. The van der Waals surface area contributed by atoms with Crippen LogP contribution in [0.25, 0.3) is 0 Å². The molecule has 5 heteroatoms. The van der Waals surface area contributed by atoms with Crippen LogP contribution in [0.5, 0.6) is 0 Å². The molecule has 1 aromatic heterocycles. The van der Waals surface area contributed by atoms with Crippen molar-refractivity contribution in [2.45, 2.75) is 12.5 Å². The maximum atomic E-state index is 5.68. The van der Waals surface area contributed by atoms with Gasteiger partial charge in [0.05, 0.1) is 6.04 Å². The minimum absolute atomic E-state index is 0.263. The van der Waals surface area contributed by atoms with Crippen molar-refractivity contribution in [3.8, 4) is 0 Å².